The van der Waals surface area contributed by atoms with E-state index in [0.717, 1.165) is 16.2 Å². The molecule has 3 rings (SSSR count). The van der Waals surface area contributed by atoms with Gasteiger partial charge in [0.25, 0.3) is 11.7 Å². The number of benzene rings is 2. The summed E-state index contributed by atoms with van der Waals surface area (Å²) in [5.74, 6) is -0.431. The van der Waals surface area contributed by atoms with Gasteiger partial charge in [0, 0.05) is 15.7 Å². The molecule has 0 radical (unpaired) electrons. The minimum absolute atomic E-state index is 0.334. The number of Topliss-reactive ketones (excluding diaryl/α,β-unsaturated/α-hetero) is 1. The molecule has 2 aromatic carbocycles. The number of anilines is 1. The van der Waals surface area contributed by atoms with Crippen molar-refractivity contribution in [1.29, 1.82) is 0 Å². The third kappa shape index (κ3) is 2.93. The second-order valence-corrected chi connectivity index (χ2v) is 6.39. The molecule has 0 aromatic heterocycles. The molecule has 2 aromatic rings. The van der Waals surface area contributed by atoms with Gasteiger partial charge in [-0.3, -0.25) is 9.59 Å². The minimum atomic E-state index is -0.610. The maximum absolute atomic E-state index is 11.6. The van der Waals surface area contributed by atoms with Crippen molar-refractivity contribution in [1.82, 2.24) is 0 Å². The third-order valence-electron chi connectivity index (χ3n) is 3.08. The van der Waals surface area contributed by atoms with E-state index in [9.17, 15) is 9.59 Å². The van der Waals surface area contributed by atoms with Crippen molar-refractivity contribution in [3.05, 3.63) is 57.6 Å². The van der Waals surface area contributed by atoms with Gasteiger partial charge in [0.1, 0.15) is 0 Å². The van der Waals surface area contributed by atoms with Crippen LogP contribution in [0.1, 0.15) is 15.9 Å². The van der Waals surface area contributed by atoms with Gasteiger partial charge >= 0.3 is 0 Å². The van der Waals surface area contributed by atoms with Gasteiger partial charge < -0.3 is 5.32 Å². The summed E-state index contributed by atoms with van der Waals surface area (Å²) in [5, 5.41) is 3.71. The van der Waals surface area contributed by atoms with E-state index in [0.29, 0.717) is 21.3 Å². The zero-order chi connectivity index (χ0) is 15.0. The molecule has 0 saturated carbocycles. The van der Waals surface area contributed by atoms with Crippen molar-refractivity contribution in [3.8, 4) is 0 Å². The molecule has 1 N–H and O–H groups in total. The lowest BCUT2D eigenvalue weighted by Crippen LogP contribution is -2.12. The average molecular weight is 338 g/mol. The van der Waals surface area contributed by atoms with Crippen molar-refractivity contribution < 1.29 is 9.59 Å². The Labute approximate surface area is 135 Å². The predicted octanol–water partition coefficient (Wildman–Crippen LogP) is 4.42. The number of amides is 1. The Kier molecular flexibility index (Phi) is 3.93. The Morgan fingerprint density at radius 2 is 1.76 bits per heavy atom. The normalized spacial score (nSPS) is 13.2. The molecule has 0 fully saturated rings. The molecule has 1 aliphatic heterocycles. The molecule has 0 unspecified atom stereocenters. The number of halogens is 2. The van der Waals surface area contributed by atoms with Crippen LogP contribution in [-0.4, -0.2) is 11.7 Å². The number of nitrogens with one attached hydrogen (secondary N) is 1. The van der Waals surface area contributed by atoms with Gasteiger partial charge in [-0.05, 0) is 29.8 Å². The highest BCUT2D eigenvalue weighted by Crippen LogP contribution is 2.36. The Morgan fingerprint density at radius 1 is 1.05 bits per heavy atom. The second kappa shape index (κ2) is 5.72. The molecule has 0 bridgehead atoms. The maximum Gasteiger partial charge on any atom is 0.296 e. The lowest BCUT2D eigenvalue weighted by molar-refractivity contribution is -0.112. The van der Waals surface area contributed by atoms with Crippen LogP contribution in [0.2, 0.25) is 10.0 Å². The van der Waals surface area contributed by atoms with Gasteiger partial charge in [0.15, 0.2) is 0 Å². The SMILES string of the molecule is O=C1Nc2cc(SCc3ccc(Cl)cc3)c(Cl)cc2C1=O. The van der Waals surface area contributed by atoms with Gasteiger partial charge in [-0.15, -0.1) is 11.8 Å². The van der Waals surface area contributed by atoms with Crippen LogP contribution in [0.4, 0.5) is 5.69 Å². The summed E-state index contributed by atoms with van der Waals surface area (Å²) in [6.07, 6.45) is 0. The summed E-state index contributed by atoms with van der Waals surface area (Å²) in [6.45, 7) is 0. The molecular formula is C15H9Cl2NO2S. The van der Waals surface area contributed by atoms with Crippen LogP contribution < -0.4 is 5.32 Å². The van der Waals surface area contributed by atoms with E-state index in [1.807, 2.05) is 24.3 Å². The molecule has 21 heavy (non-hydrogen) atoms. The standard InChI is InChI=1S/C15H9Cl2NO2S/c16-9-3-1-8(2-4-9)7-21-13-6-12-10(5-11(13)17)14(19)15(20)18-12/h1-6H,7H2,(H,18,19,20). The fourth-order valence-corrected chi connectivity index (χ4v) is 3.36. The summed E-state index contributed by atoms with van der Waals surface area (Å²) in [7, 11) is 0. The molecule has 0 saturated heterocycles. The van der Waals surface area contributed by atoms with Crippen molar-refractivity contribution in [3.63, 3.8) is 0 Å². The molecule has 3 nitrogen and oxygen atoms in total. The van der Waals surface area contributed by atoms with Crippen molar-refractivity contribution in [2.75, 3.05) is 5.32 Å². The quantitative estimate of drug-likeness (QED) is 0.666. The monoisotopic (exact) mass is 337 g/mol. The lowest BCUT2D eigenvalue weighted by atomic mass is 10.1. The van der Waals surface area contributed by atoms with Gasteiger partial charge in [0.05, 0.1) is 16.3 Å². The van der Waals surface area contributed by atoms with E-state index in [1.54, 1.807) is 12.1 Å². The van der Waals surface area contributed by atoms with Crippen LogP contribution in [0, 0.1) is 0 Å². The average Bonchev–Trinajstić information content (AvgIpc) is 2.73. The number of carbonyl (C=O) groups excluding carboxylic acids is 2. The summed E-state index contributed by atoms with van der Waals surface area (Å²) in [5.41, 5.74) is 1.97. The Morgan fingerprint density at radius 3 is 2.48 bits per heavy atom. The molecule has 0 atom stereocenters. The molecule has 0 spiro atoms. The second-order valence-electron chi connectivity index (χ2n) is 4.53. The summed E-state index contributed by atoms with van der Waals surface area (Å²) in [4.78, 5) is 23.7. The summed E-state index contributed by atoms with van der Waals surface area (Å²) >= 11 is 13.6. The molecule has 1 aliphatic rings. The van der Waals surface area contributed by atoms with E-state index < -0.39 is 11.7 Å². The van der Waals surface area contributed by atoms with E-state index in [4.69, 9.17) is 23.2 Å². The summed E-state index contributed by atoms with van der Waals surface area (Å²) in [6, 6.07) is 10.8. The highest BCUT2D eigenvalue weighted by Gasteiger charge is 2.29. The molecule has 0 aliphatic carbocycles. The van der Waals surface area contributed by atoms with Crippen LogP contribution in [0.25, 0.3) is 0 Å². The highest BCUT2D eigenvalue weighted by molar-refractivity contribution is 7.98. The van der Waals surface area contributed by atoms with E-state index in [2.05, 4.69) is 5.32 Å². The molecular weight excluding hydrogens is 329 g/mol. The molecule has 6 heteroatoms. The lowest BCUT2D eigenvalue weighted by Gasteiger charge is -2.07. The van der Waals surface area contributed by atoms with Crippen molar-refractivity contribution in [2.45, 2.75) is 10.6 Å². The smallest absolute Gasteiger partial charge is 0.296 e. The van der Waals surface area contributed by atoms with Gasteiger partial charge in [-0.1, -0.05) is 35.3 Å². The van der Waals surface area contributed by atoms with Crippen LogP contribution in [-0.2, 0) is 10.5 Å². The fraction of sp³-hybridized carbons (Fsp3) is 0.0667. The number of hydrogen-bond donors (Lipinski definition) is 1. The Bertz CT molecular complexity index is 744. The Hall–Kier alpha value is -1.49. The number of thioether (sulfide) groups is 1. The fourth-order valence-electron chi connectivity index (χ4n) is 2.00. The van der Waals surface area contributed by atoms with E-state index >= 15 is 0 Å². The number of rotatable bonds is 3. The first-order chi connectivity index (χ1) is 10.0. The Balaban J connectivity index is 1.81. The first-order valence-electron chi connectivity index (χ1n) is 6.11. The van der Waals surface area contributed by atoms with E-state index in [1.165, 1.54) is 11.8 Å². The largest absolute Gasteiger partial charge is 0.318 e. The third-order valence-corrected chi connectivity index (χ3v) is 4.88. The zero-order valence-corrected chi connectivity index (χ0v) is 13.0. The van der Waals surface area contributed by atoms with Gasteiger partial charge in [-0.25, -0.2) is 0 Å². The number of fused-ring (bicyclic) bond motifs is 1. The van der Waals surface area contributed by atoms with Crippen LogP contribution in [0.15, 0.2) is 41.3 Å². The van der Waals surface area contributed by atoms with Gasteiger partial charge in [0.2, 0.25) is 0 Å². The van der Waals surface area contributed by atoms with E-state index in [-0.39, 0.29) is 0 Å². The van der Waals surface area contributed by atoms with Crippen LogP contribution >= 0.6 is 35.0 Å². The van der Waals surface area contributed by atoms with Crippen molar-refractivity contribution >= 4 is 52.3 Å². The maximum atomic E-state index is 11.6. The van der Waals surface area contributed by atoms with Crippen LogP contribution in [0.3, 0.4) is 0 Å². The highest BCUT2D eigenvalue weighted by atomic mass is 35.5. The van der Waals surface area contributed by atoms with Crippen molar-refractivity contribution in [2.24, 2.45) is 0 Å². The first kappa shape index (κ1) is 14.4. The first-order valence-corrected chi connectivity index (χ1v) is 7.85. The number of hydrogen-bond acceptors (Lipinski definition) is 3. The summed E-state index contributed by atoms with van der Waals surface area (Å²) < 4.78 is 0. The predicted molar refractivity (Wildman–Crippen MR) is 85.4 cm³/mol. The number of carbonyl (C=O) groups is 2. The topological polar surface area (TPSA) is 46.2 Å². The van der Waals surface area contributed by atoms with Crippen LogP contribution in [0.5, 0.6) is 0 Å². The van der Waals surface area contributed by atoms with Gasteiger partial charge in [-0.2, -0.15) is 0 Å². The minimum Gasteiger partial charge on any atom is -0.318 e. The molecule has 106 valence electrons. The zero-order valence-electron chi connectivity index (χ0n) is 10.7. The molecule has 1 heterocycles. The molecule has 1 amide bonds. The number of ketones is 1.